The van der Waals surface area contributed by atoms with Crippen molar-refractivity contribution < 1.29 is 14.6 Å². The van der Waals surface area contributed by atoms with E-state index >= 15 is 0 Å². The number of β-amino-alcohol motifs (C(OH)–C–C–N with tert-alkyl or cyclic N) is 1. The minimum Gasteiger partial charge on any atom is -0.445 e. The van der Waals surface area contributed by atoms with E-state index in [9.17, 15) is 9.90 Å². The number of benzene rings is 1. The first kappa shape index (κ1) is 16.2. The molecule has 1 fully saturated rings. The molecule has 5 heteroatoms. The third-order valence-electron chi connectivity index (χ3n) is 3.98. The van der Waals surface area contributed by atoms with Gasteiger partial charge >= 0.3 is 6.09 Å². The van der Waals surface area contributed by atoms with Gasteiger partial charge in [-0.1, -0.05) is 42.5 Å². The number of carbonyl (C=O) groups is 1. The third-order valence-corrected chi connectivity index (χ3v) is 3.98. The molecule has 1 aliphatic rings. The van der Waals surface area contributed by atoms with Crippen LogP contribution < -0.4 is 0 Å². The highest BCUT2D eigenvalue weighted by atomic mass is 16.6. The molecule has 24 heavy (non-hydrogen) atoms. The summed E-state index contributed by atoms with van der Waals surface area (Å²) in [6.07, 6.45) is 6.88. The van der Waals surface area contributed by atoms with Crippen LogP contribution >= 0.6 is 0 Å². The number of aliphatic hydroxyl groups is 1. The van der Waals surface area contributed by atoms with Crippen LogP contribution in [0.15, 0.2) is 60.9 Å². The molecule has 2 aromatic rings. The van der Waals surface area contributed by atoms with E-state index in [1.807, 2.05) is 54.6 Å². The molecular weight excluding hydrogens is 304 g/mol. The highest BCUT2D eigenvalue weighted by Crippen LogP contribution is 2.21. The zero-order valence-electron chi connectivity index (χ0n) is 13.3. The molecule has 1 N–H and O–H groups in total. The quantitative estimate of drug-likeness (QED) is 0.939. The van der Waals surface area contributed by atoms with Gasteiger partial charge in [-0.25, -0.2) is 4.79 Å². The van der Waals surface area contributed by atoms with Gasteiger partial charge in [-0.3, -0.25) is 9.88 Å². The summed E-state index contributed by atoms with van der Waals surface area (Å²) < 4.78 is 5.37. The van der Waals surface area contributed by atoms with Gasteiger partial charge in [0.05, 0.1) is 18.7 Å². The van der Waals surface area contributed by atoms with Crippen molar-refractivity contribution in [2.45, 2.75) is 25.2 Å². The zero-order valence-corrected chi connectivity index (χ0v) is 13.3. The van der Waals surface area contributed by atoms with E-state index in [0.717, 1.165) is 11.1 Å². The van der Waals surface area contributed by atoms with Crippen molar-refractivity contribution in [1.82, 2.24) is 9.88 Å². The molecule has 0 spiro atoms. The topological polar surface area (TPSA) is 62.7 Å². The predicted octanol–water partition coefficient (Wildman–Crippen LogP) is 2.87. The number of hydrogen-bond donors (Lipinski definition) is 1. The minimum atomic E-state index is -0.527. The molecule has 3 rings (SSSR count). The molecule has 0 saturated carbocycles. The van der Waals surface area contributed by atoms with Crippen molar-refractivity contribution in [2.75, 3.05) is 6.54 Å². The average molecular weight is 324 g/mol. The lowest BCUT2D eigenvalue weighted by Crippen LogP contribution is -2.35. The number of ether oxygens (including phenoxy) is 1. The predicted molar refractivity (Wildman–Crippen MR) is 91.0 cm³/mol. The van der Waals surface area contributed by atoms with Gasteiger partial charge in [0.15, 0.2) is 0 Å². The molecule has 2 heterocycles. The van der Waals surface area contributed by atoms with Crippen LogP contribution in [0.3, 0.4) is 0 Å². The van der Waals surface area contributed by atoms with Crippen LogP contribution in [0.4, 0.5) is 4.79 Å². The van der Waals surface area contributed by atoms with Crippen molar-refractivity contribution in [3.8, 4) is 0 Å². The SMILES string of the molecule is O=C(OCc1ccccc1)N1CC(O)CC1C=Cc1ccncc1. The van der Waals surface area contributed by atoms with Crippen molar-refractivity contribution >= 4 is 12.2 Å². The second-order valence-corrected chi connectivity index (χ2v) is 5.79. The molecule has 1 amide bonds. The van der Waals surface area contributed by atoms with Gasteiger partial charge in [0.2, 0.25) is 0 Å². The van der Waals surface area contributed by atoms with Gasteiger partial charge in [-0.15, -0.1) is 0 Å². The highest BCUT2D eigenvalue weighted by Gasteiger charge is 2.33. The molecule has 124 valence electrons. The average Bonchev–Trinajstić information content (AvgIpc) is 3.00. The van der Waals surface area contributed by atoms with Crippen molar-refractivity contribution in [3.05, 3.63) is 72.1 Å². The van der Waals surface area contributed by atoms with E-state index < -0.39 is 12.2 Å². The van der Waals surface area contributed by atoms with E-state index in [2.05, 4.69) is 4.98 Å². The zero-order chi connectivity index (χ0) is 16.8. The Labute approximate surface area is 141 Å². The van der Waals surface area contributed by atoms with E-state index in [0.29, 0.717) is 13.0 Å². The molecule has 0 bridgehead atoms. The van der Waals surface area contributed by atoms with Crippen LogP contribution in [-0.2, 0) is 11.3 Å². The standard InChI is InChI=1S/C19H20N2O3/c22-18-12-17(7-6-15-8-10-20-11-9-15)21(13-18)19(23)24-14-16-4-2-1-3-5-16/h1-11,17-18,22H,12-14H2. The Kier molecular flexibility index (Phi) is 5.23. The Morgan fingerprint density at radius 3 is 2.75 bits per heavy atom. The summed E-state index contributed by atoms with van der Waals surface area (Å²) >= 11 is 0. The molecule has 2 atom stereocenters. The van der Waals surface area contributed by atoms with Crippen LogP contribution in [0.25, 0.3) is 6.08 Å². The van der Waals surface area contributed by atoms with Crippen molar-refractivity contribution in [2.24, 2.45) is 0 Å². The lowest BCUT2D eigenvalue weighted by molar-refractivity contribution is 0.0920. The number of rotatable bonds is 4. The maximum absolute atomic E-state index is 12.3. The van der Waals surface area contributed by atoms with Gasteiger partial charge in [0, 0.05) is 12.4 Å². The van der Waals surface area contributed by atoms with Crippen LogP contribution in [0, 0.1) is 0 Å². The summed E-state index contributed by atoms with van der Waals surface area (Å²) in [6, 6.07) is 13.2. The number of pyridine rings is 1. The van der Waals surface area contributed by atoms with Crippen LogP contribution in [-0.4, -0.2) is 39.8 Å². The number of hydrogen-bond acceptors (Lipinski definition) is 4. The summed E-state index contributed by atoms with van der Waals surface area (Å²) in [7, 11) is 0. The molecule has 1 aliphatic heterocycles. The second-order valence-electron chi connectivity index (χ2n) is 5.79. The summed E-state index contributed by atoms with van der Waals surface area (Å²) in [5.74, 6) is 0. The first-order chi connectivity index (χ1) is 11.7. The molecule has 1 aromatic carbocycles. The fourth-order valence-electron chi connectivity index (χ4n) is 2.73. The van der Waals surface area contributed by atoms with Crippen molar-refractivity contribution in [1.29, 1.82) is 0 Å². The first-order valence-corrected chi connectivity index (χ1v) is 7.96. The highest BCUT2D eigenvalue weighted by molar-refractivity contribution is 5.69. The molecule has 0 aliphatic carbocycles. The lowest BCUT2D eigenvalue weighted by atomic mass is 10.1. The lowest BCUT2D eigenvalue weighted by Gasteiger charge is -2.21. The number of likely N-dealkylation sites (tertiary alicyclic amines) is 1. The number of nitrogens with zero attached hydrogens (tertiary/aromatic N) is 2. The monoisotopic (exact) mass is 324 g/mol. The third kappa shape index (κ3) is 4.20. The first-order valence-electron chi connectivity index (χ1n) is 7.96. The minimum absolute atomic E-state index is 0.170. The smallest absolute Gasteiger partial charge is 0.410 e. The summed E-state index contributed by atoms with van der Waals surface area (Å²) in [5.41, 5.74) is 1.94. The molecule has 5 nitrogen and oxygen atoms in total. The Hall–Kier alpha value is -2.66. The van der Waals surface area contributed by atoms with E-state index in [1.165, 1.54) is 0 Å². The maximum atomic E-state index is 12.3. The summed E-state index contributed by atoms with van der Waals surface area (Å²) in [5, 5.41) is 9.91. The Bertz CT molecular complexity index is 688. The molecular formula is C19H20N2O3. The summed E-state index contributed by atoms with van der Waals surface area (Å²) in [6.45, 7) is 0.520. The van der Waals surface area contributed by atoms with E-state index in [-0.39, 0.29) is 12.6 Å². The molecule has 2 unspecified atom stereocenters. The normalized spacial score (nSPS) is 20.5. The van der Waals surface area contributed by atoms with E-state index in [4.69, 9.17) is 4.74 Å². The molecule has 1 aromatic heterocycles. The van der Waals surface area contributed by atoms with Gasteiger partial charge in [-0.2, -0.15) is 0 Å². The van der Waals surface area contributed by atoms with Gasteiger partial charge < -0.3 is 9.84 Å². The number of amides is 1. The van der Waals surface area contributed by atoms with Crippen molar-refractivity contribution in [3.63, 3.8) is 0 Å². The Morgan fingerprint density at radius 2 is 2.00 bits per heavy atom. The Morgan fingerprint density at radius 1 is 1.25 bits per heavy atom. The largest absolute Gasteiger partial charge is 0.445 e. The number of carbonyl (C=O) groups excluding carboxylic acids is 1. The van der Waals surface area contributed by atoms with Crippen LogP contribution in [0.5, 0.6) is 0 Å². The van der Waals surface area contributed by atoms with Gasteiger partial charge in [0.25, 0.3) is 0 Å². The Balaban J connectivity index is 1.62. The molecule has 1 saturated heterocycles. The summed E-state index contributed by atoms with van der Waals surface area (Å²) in [4.78, 5) is 17.9. The fraction of sp³-hybridized carbons (Fsp3) is 0.263. The second kappa shape index (κ2) is 7.75. The van der Waals surface area contributed by atoms with Crippen LogP contribution in [0.1, 0.15) is 17.5 Å². The number of aliphatic hydroxyl groups excluding tert-OH is 1. The van der Waals surface area contributed by atoms with Gasteiger partial charge in [-0.05, 0) is 29.7 Å². The fourth-order valence-corrected chi connectivity index (χ4v) is 2.73. The van der Waals surface area contributed by atoms with Gasteiger partial charge in [0.1, 0.15) is 6.61 Å². The molecule has 0 radical (unpaired) electrons. The number of aromatic nitrogens is 1. The maximum Gasteiger partial charge on any atom is 0.410 e. The van der Waals surface area contributed by atoms with Crippen LogP contribution in [0.2, 0.25) is 0 Å². The van der Waals surface area contributed by atoms with E-state index in [1.54, 1.807) is 17.3 Å².